The lowest BCUT2D eigenvalue weighted by Crippen LogP contribution is -2.39. The number of carbonyl (C=O) groups excluding carboxylic acids is 1. The number of piperidine rings is 1. The highest BCUT2D eigenvalue weighted by molar-refractivity contribution is 7.91. The number of sulfone groups is 1. The second-order valence-corrected chi connectivity index (χ2v) is 10.5. The van der Waals surface area contributed by atoms with Gasteiger partial charge in [-0.2, -0.15) is 5.10 Å². The van der Waals surface area contributed by atoms with Crippen LogP contribution in [-0.2, 0) is 9.84 Å². The number of nitrogens with one attached hydrogen (secondary N) is 1. The molecule has 0 aliphatic carbocycles. The van der Waals surface area contributed by atoms with E-state index < -0.39 is 9.84 Å². The quantitative estimate of drug-likeness (QED) is 0.745. The Labute approximate surface area is 174 Å². The van der Waals surface area contributed by atoms with E-state index in [9.17, 15) is 13.2 Å². The lowest BCUT2D eigenvalue weighted by Gasteiger charge is -2.32. The number of aromatic nitrogens is 2. The van der Waals surface area contributed by atoms with Gasteiger partial charge >= 0.3 is 0 Å². The zero-order chi connectivity index (χ0) is 19.6. The molecule has 2 fully saturated rings. The molecular weight excluding hydrogens is 400 g/mol. The van der Waals surface area contributed by atoms with E-state index in [1.54, 1.807) is 10.9 Å². The zero-order valence-electron chi connectivity index (χ0n) is 17.1. The highest BCUT2D eigenvalue weighted by atomic mass is 35.5. The summed E-state index contributed by atoms with van der Waals surface area (Å²) >= 11 is 0. The summed E-state index contributed by atoms with van der Waals surface area (Å²) in [5.74, 6) is 1.17. The Morgan fingerprint density at radius 2 is 1.96 bits per heavy atom. The van der Waals surface area contributed by atoms with Crippen LogP contribution >= 0.6 is 12.4 Å². The molecule has 160 valence electrons. The summed E-state index contributed by atoms with van der Waals surface area (Å²) in [6.45, 7) is 6.65. The van der Waals surface area contributed by atoms with Crippen LogP contribution in [0.4, 0.5) is 0 Å². The standard InChI is InChI=1S/C19H32N4O3S.ClH/c1-14(2)18-17(12-23(21-18)16-7-11-27(25,26)13-16)19(24)22-9-5-15(6-10-22)4-8-20-3;/h12,14-16,20H,4-11,13H2,1-3H3;1H. The van der Waals surface area contributed by atoms with E-state index in [2.05, 4.69) is 10.4 Å². The van der Waals surface area contributed by atoms with E-state index in [0.29, 0.717) is 17.9 Å². The number of amides is 1. The van der Waals surface area contributed by atoms with Crippen LogP contribution in [0.1, 0.15) is 67.5 Å². The van der Waals surface area contributed by atoms with Crippen LogP contribution in [-0.4, -0.2) is 67.2 Å². The highest BCUT2D eigenvalue weighted by Crippen LogP contribution is 2.28. The average molecular weight is 433 g/mol. The van der Waals surface area contributed by atoms with Crippen LogP contribution in [0.2, 0.25) is 0 Å². The van der Waals surface area contributed by atoms with Crippen molar-refractivity contribution in [2.24, 2.45) is 5.92 Å². The largest absolute Gasteiger partial charge is 0.339 e. The number of hydrogen-bond donors (Lipinski definition) is 1. The predicted octanol–water partition coefficient (Wildman–Crippen LogP) is 2.25. The number of rotatable bonds is 6. The first kappa shape index (κ1) is 23.2. The molecular formula is C19H33ClN4O3S. The fraction of sp³-hybridized carbons (Fsp3) is 0.789. The number of carbonyl (C=O) groups is 1. The topological polar surface area (TPSA) is 84.3 Å². The summed E-state index contributed by atoms with van der Waals surface area (Å²) in [4.78, 5) is 15.1. The van der Waals surface area contributed by atoms with E-state index in [-0.39, 0.29) is 41.8 Å². The van der Waals surface area contributed by atoms with Crippen molar-refractivity contribution >= 4 is 28.2 Å². The second kappa shape index (κ2) is 9.59. The highest BCUT2D eigenvalue weighted by Gasteiger charge is 2.33. The van der Waals surface area contributed by atoms with Gasteiger partial charge in [0.1, 0.15) is 0 Å². The van der Waals surface area contributed by atoms with Gasteiger partial charge < -0.3 is 10.2 Å². The minimum Gasteiger partial charge on any atom is -0.339 e. The minimum atomic E-state index is -2.98. The molecule has 28 heavy (non-hydrogen) atoms. The molecule has 3 heterocycles. The van der Waals surface area contributed by atoms with Crippen molar-refractivity contribution in [3.8, 4) is 0 Å². The second-order valence-electron chi connectivity index (χ2n) is 8.25. The number of likely N-dealkylation sites (tertiary alicyclic amines) is 1. The molecule has 1 aromatic rings. The normalized spacial score (nSPS) is 22.4. The zero-order valence-corrected chi connectivity index (χ0v) is 18.7. The molecule has 3 rings (SSSR count). The minimum absolute atomic E-state index is 0. The van der Waals surface area contributed by atoms with Gasteiger partial charge in [-0.1, -0.05) is 13.8 Å². The number of halogens is 1. The van der Waals surface area contributed by atoms with E-state index >= 15 is 0 Å². The summed E-state index contributed by atoms with van der Waals surface area (Å²) in [6, 6.07) is -0.152. The summed E-state index contributed by atoms with van der Waals surface area (Å²) in [7, 11) is -1.01. The number of nitrogens with zero attached hydrogens (tertiary/aromatic N) is 3. The fourth-order valence-electron chi connectivity index (χ4n) is 4.11. The molecule has 1 N–H and O–H groups in total. The van der Waals surface area contributed by atoms with Gasteiger partial charge in [0.2, 0.25) is 0 Å². The van der Waals surface area contributed by atoms with Gasteiger partial charge in [-0.05, 0) is 51.1 Å². The Kier molecular flexibility index (Phi) is 7.93. The van der Waals surface area contributed by atoms with Gasteiger partial charge in [0.05, 0.1) is 28.8 Å². The maximum Gasteiger partial charge on any atom is 0.257 e. The Balaban J connectivity index is 0.00000280. The van der Waals surface area contributed by atoms with Gasteiger partial charge in [0, 0.05) is 19.3 Å². The monoisotopic (exact) mass is 432 g/mol. The summed E-state index contributed by atoms with van der Waals surface area (Å²) in [5, 5.41) is 7.82. The van der Waals surface area contributed by atoms with Crippen molar-refractivity contribution in [3.63, 3.8) is 0 Å². The van der Waals surface area contributed by atoms with Gasteiger partial charge in [-0.25, -0.2) is 8.42 Å². The van der Waals surface area contributed by atoms with Crippen molar-refractivity contribution in [1.29, 1.82) is 0 Å². The van der Waals surface area contributed by atoms with Gasteiger partial charge in [0.25, 0.3) is 5.91 Å². The first-order valence-corrected chi connectivity index (χ1v) is 11.9. The maximum atomic E-state index is 13.1. The van der Waals surface area contributed by atoms with Crippen LogP contribution in [0.3, 0.4) is 0 Å². The smallest absolute Gasteiger partial charge is 0.257 e. The van der Waals surface area contributed by atoms with E-state index in [1.807, 2.05) is 25.8 Å². The first-order chi connectivity index (χ1) is 12.8. The van der Waals surface area contributed by atoms with Crippen LogP contribution < -0.4 is 5.32 Å². The van der Waals surface area contributed by atoms with E-state index in [0.717, 1.165) is 44.6 Å². The molecule has 2 saturated heterocycles. The Morgan fingerprint density at radius 1 is 1.29 bits per heavy atom. The van der Waals surface area contributed by atoms with Crippen molar-refractivity contribution in [2.45, 2.75) is 51.5 Å². The van der Waals surface area contributed by atoms with Crippen molar-refractivity contribution in [1.82, 2.24) is 20.0 Å². The molecule has 2 aliphatic rings. The fourth-order valence-corrected chi connectivity index (χ4v) is 5.81. The summed E-state index contributed by atoms with van der Waals surface area (Å²) in [6.07, 6.45) is 5.60. The van der Waals surface area contributed by atoms with Crippen LogP contribution in [0.15, 0.2) is 6.20 Å². The van der Waals surface area contributed by atoms with Gasteiger partial charge in [-0.15, -0.1) is 12.4 Å². The Morgan fingerprint density at radius 3 is 2.50 bits per heavy atom. The van der Waals surface area contributed by atoms with Crippen molar-refractivity contribution in [2.75, 3.05) is 38.2 Å². The Bertz CT molecular complexity index is 770. The van der Waals surface area contributed by atoms with Crippen molar-refractivity contribution in [3.05, 3.63) is 17.5 Å². The molecule has 7 nitrogen and oxygen atoms in total. The van der Waals surface area contributed by atoms with E-state index in [4.69, 9.17) is 0 Å². The van der Waals surface area contributed by atoms with Crippen molar-refractivity contribution < 1.29 is 13.2 Å². The molecule has 0 saturated carbocycles. The van der Waals surface area contributed by atoms with Gasteiger partial charge in [-0.3, -0.25) is 9.48 Å². The maximum absolute atomic E-state index is 13.1. The average Bonchev–Trinajstić information content (AvgIpc) is 3.23. The molecule has 1 amide bonds. The molecule has 0 bridgehead atoms. The molecule has 1 atom stereocenters. The number of hydrogen-bond acceptors (Lipinski definition) is 5. The molecule has 2 aliphatic heterocycles. The predicted molar refractivity (Wildman–Crippen MR) is 113 cm³/mol. The molecule has 0 radical (unpaired) electrons. The van der Waals surface area contributed by atoms with Crippen LogP contribution in [0.25, 0.3) is 0 Å². The lowest BCUT2D eigenvalue weighted by atomic mass is 9.93. The molecule has 1 unspecified atom stereocenters. The summed E-state index contributed by atoms with van der Waals surface area (Å²) in [5.41, 5.74) is 1.42. The third-order valence-corrected chi connectivity index (χ3v) is 7.58. The van der Waals surface area contributed by atoms with Gasteiger partial charge in [0.15, 0.2) is 9.84 Å². The van der Waals surface area contributed by atoms with Crippen LogP contribution in [0.5, 0.6) is 0 Å². The molecule has 1 aromatic heterocycles. The molecule has 0 spiro atoms. The summed E-state index contributed by atoms with van der Waals surface area (Å²) < 4.78 is 25.3. The third kappa shape index (κ3) is 5.27. The third-order valence-electron chi connectivity index (χ3n) is 5.82. The Hall–Kier alpha value is -1.12. The van der Waals surface area contributed by atoms with E-state index in [1.165, 1.54) is 0 Å². The SMILES string of the molecule is CNCCC1CCN(C(=O)c2cn(C3CCS(=O)(=O)C3)nc2C(C)C)CC1.Cl. The molecule has 9 heteroatoms. The van der Waals surface area contributed by atoms with Crippen LogP contribution in [0, 0.1) is 5.92 Å². The first-order valence-electron chi connectivity index (χ1n) is 10.0. The molecule has 0 aromatic carbocycles. The lowest BCUT2D eigenvalue weighted by molar-refractivity contribution is 0.0685.